The van der Waals surface area contributed by atoms with Crippen LogP contribution in [0, 0.1) is 6.92 Å². The van der Waals surface area contributed by atoms with Crippen molar-refractivity contribution in [1.29, 1.82) is 0 Å². The summed E-state index contributed by atoms with van der Waals surface area (Å²) < 4.78 is 0. The molecule has 16 heavy (non-hydrogen) atoms. The van der Waals surface area contributed by atoms with Crippen LogP contribution in [0.4, 0.5) is 0 Å². The normalized spacial score (nSPS) is 21.7. The third-order valence-corrected chi connectivity index (χ3v) is 3.25. The largest absolute Gasteiger partial charge is 0.317 e. The van der Waals surface area contributed by atoms with Gasteiger partial charge in [0.2, 0.25) is 0 Å². The zero-order valence-corrected chi connectivity index (χ0v) is 10.1. The van der Waals surface area contributed by atoms with E-state index in [-0.39, 0.29) is 0 Å². The van der Waals surface area contributed by atoms with Gasteiger partial charge in [-0.25, -0.2) is 0 Å². The van der Waals surface area contributed by atoms with Gasteiger partial charge in [-0.1, -0.05) is 29.8 Å². The van der Waals surface area contributed by atoms with E-state index in [1.165, 1.54) is 36.9 Å². The molecule has 0 aliphatic carbocycles. The van der Waals surface area contributed by atoms with E-state index >= 15 is 0 Å². The Morgan fingerprint density at radius 1 is 1.31 bits per heavy atom. The van der Waals surface area contributed by atoms with Gasteiger partial charge in [0.1, 0.15) is 0 Å². The minimum absolute atomic E-state index is 0.690. The van der Waals surface area contributed by atoms with Crippen LogP contribution in [-0.2, 0) is 6.54 Å². The Hall–Kier alpha value is -0.860. The Morgan fingerprint density at radius 3 is 3.12 bits per heavy atom. The lowest BCUT2D eigenvalue weighted by atomic mass is 10.1. The first-order valence-electron chi connectivity index (χ1n) is 6.34. The van der Waals surface area contributed by atoms with Crippen molar-refractivity contribution in [3.05, 3.63) is 35.4 Å². The van der Waals surface area contributed by atoms with Crippen molar-refractivity contribution < 1.29 is 0 Å². The molecule has 1 unspecified atom stereocenters. The van der Waals surface area contributed by atoms with Crippen LogP contribution >= 0.6 is 0 Å². The van der Waals surface area contributed by atoms with Crippen LogP contribution in [0.3, 0.4) is 0 Å². The predicted octanol–water partition coefficient (Wildman–Crippen LogP) is 2.23. The first-order valence-corrected chi connectivity index (χ1v) is 6.34. The molecule has 2 rings (SSSR count). The number of hydrogen-bond donors (Lipinski definition) is 2. The van der Waals surface area contributed by atoms with Crippen molar-refractivity contribution >= 4 is 0 Å². The lowest BCUT2D eigenvalue weighted by Crippen LogP contribution is -2.29. The highest BCUT2D eigenvalue weighted by Crippen LogP contribution is 2.08. The second-order valence-corrected chi connectivity index (χ2v) is 4.75. The molecule has 1 aromatic rings. The molecule has 0 spiro atoms. The average molecular weight is 218 g/mol. The highest BCUT2D eigenvalue weighted by Gasteiger charge is 2.10. The molecule has 0 bridgehead atoms. The highest BCUT2D eigenvalue weighted by molar-refractivity contribution is 5.22. The molecule has 1 heterocycles. The second-order valence-electron chi connectivity index (χ2n) is 4.75. The highest BCUT2D eigenvalue weighted by atomic mass is 14.9. The van der Waals surface area contributed by atoms with E-state index < -0.39 is 0 Å². The van der Waals surface area contributed by atoms with E-state index in [0.29, 0.717) is 6.04 Å². The van der Waals surface area contributed by atoms with Crippen molar-refractivity contribution in [2.75, 3.05) is 13.1 Å². The molecule has 2 heteroatoms. The molecule has 0 radical (unpaired) electrons. The number of rotatable bonds is 3. The second kappa shape index (κ2) is 6.02. The van der Waals surface area contributed by atoms with Crippen LogP contribution in [0.2, 0.25) is 0 Å². The van der Waals surface area contributed by atoms with Gasteiger partial charge in [-0.2, -0.15) is 0 Å². The summed E-state index contributed by atoms with van der Waals surface area (Å²) in [7, 11) is 0. The minimum Gasteiger partial charge on any atom is -0.317 e. The molecule has 0 amide bonds. The molecule has 1 aliphatic rings. The number of nitrogens with one attached hydrogen (secondary N) is 2. The van der Waals surface area contributed by atoms with Crippen molar-refractivity contribution in [2.45, 2.75) is 38.8 Å². The summed E-state index contributed by atoms with van der Waals surface area (Å²) in [6.45, 7) is 5.50. The van der Waals surface area contributed by atoms with E-state index in [1.807, 2.05) is 0 Å². The summed E-state index contributed by atoms with van der Waals surface area (Å²) in [5.74, 6) is 0. The zero-order chi connectivity index (χ0) is 11.2. The van der Waals surface area contributed by atoms with Crippen LogP contribution in [0.25, 0.3) is 0 Å². The van der Waals surface area contributed by atoms with Gasteiger partial charge in [0.25, 0.3) is 0 Å². The molecule has 2 nitrogen and oxygen atoms in total. The fourth-order valence-corrected chi connectivity index (χ4v) is 2.31. The van der Waals surface area contributed by atoms with Gasteiger partial charge in [0.15, 0.2) is 0 Å². The lowest BCUT2D eigenvalue weighted by Gasteiger charge is -2.16. The van der Waals surface area contributed by atoms with E-state index in [4.69, 9.17) is 0 Å². The summed E-state index contributed by atoms with van der Waals surface area (Å²) in [6.07, 6.45) is 3.86. The van der Waals surface area contributed by atoms with Crippen molar-refractivity contribution in [2.24, 2.45) is 0 Å². The number of hydrogen-bond acceptors (Lipinski definition) is 2. The maximum Gasteiger partial charge on any atom is 0.0208 e. The monoisotopic (exact) mass is 218 g/mol. The number of benzene rings is 1. The predicted molar refractivity (Wildman–Crippen MR) is 68.5 cm³/mol. The van der Waals surface area contributed by atoms with Crippen LogP contribution in [0.5, 0.6) is 0 Å². The van der Waals surface area contributed by atoms with Crippen LogP contribution < -0.4 is 10.6 Å². The minimum atomic E-state index is 0.690. The molecule has 1 aliphatic heterocycles. The quantitative estimate of drug-likeness (QED) is 0.813. The summed E-state index contributed by atoms with van der Waals surface area (Å²) in [4.78, 5) is 0. The van der Waals surface area contributed by atoms with Crippen molar-refractivity contribution in [3.8, 4) is 0 Å². The maximum absolute atomic E-state index is 3.67. The van der Waals surface area contributed by atoms with Gasteiger partial charge < -0.3 is 10.6 Å². The summed E-state index contributed by atoms with van der Waals surface area (Å²) in [6, 6.07) is 9.45. The van der Waals surface area contributed by atoms with E-state index in [9.17, 15) is 0 Å². The Bertz CT molecular complexity index is 314. The Labute approximate surface area is 98.4 Å². The fraction of sp³-hybridized carbons (Fsp3) is 0.571. The van der Waals surface area contributed by atoms with Crippen LogP contribution in [-0.4, -0.2) is 19.1 Å². The maximum atomic E-state index is 3.67. The zero-order valence-electron chi connectivity index (χ0n) is 10.1. The summed E-state index contributed by atoms with van der Waals surface area (Å²) in [5.41, 5.74) is 2.75. The van der Waals surface area contributed by atoms with Crippen molar-refractivity contribution in [1.82, 2.24) is 10.6 Å². The summed E-state index contributed by atoms with van der Waals surface area (Å²) in [5, 5.41) is 7.11. The third kappa shape index (κ3) is 3.62. The number of aryl methyl sites for hydroxylation is 1. The molecule has 1 fully saturated rings. The average Bonchev–Trinajstić information content (AvgIpc) is 2.55. The topological polar surface area (TPSA) is 24.1 Å². The van der Waals surface area contributed by atoms with Gasteiger partial charge >= 0.3 is 0 Å². The molecule has 0 aromatic heterocycles. The molecular weight excluding hydrogens is 196 g/mol. The fourth-order valence-electron chi connectivity index (χ4n) is 2.31. The van der Waals surface area contributed by atoms with Gasteiger partial charge in [-0.05, 0) is 44.8 Å². The van der Waals surface area contributed by atoms with Gasteiger partial charge in [0.05, 0.1) is 0 Å². The smallest absolute Gasteiger partial charge is 0.0208 e. The third-order valence-electron chi connectivity index (χ3n) is 3.25. The van der Waals surface area contributed by atoms with E-state index in [2.05, 4.69) is 41.8 Å². The SMILES string of the molecule is Cc1cccc(CNC2CCCNCC2)c1. The Kier molecular flexibility index (Phi) is 4.37. The molecule has 2 N–H and O–H groups in total. The first-order chi connectivity index (χ1) is 7.84. The molecule has 1 saturated heterocycles. The Morgan fingerprint density at radius 2 is 2.25 bits per heavy atom. The van der Waals surface area contributed by atoms with Crippen molar-refractivity contribution in [3.63, 3.8) is 0 Å². The standard InChI is InChI=1S/C14H22N2/c1-12-4-2-5-13(10-12)11-16-14-6-3-8-15-9-7-14/h2,4-5,10,14-16H,3,6-9,11H2,1H3. The first kappa shape index (κ1) is 11.6. The van der Waals surface area contributed by atoms with E-state index in [1.54, 1.807) is 0 Å². The molecular formula is C14H22N2. The molecule has 88 valence electrons. The summed E-state index contributed by atoms with van der Waals surface area (Å²) >= 11 is 0. The van der Waals surface area contributed by atoms with Crippen LogP contribution in [0.15, 0.2) is 24.3 Å². The molecule has 0 saturated carbocycles. The van der Waals surface area contributed by atoms with Gasteiger partial charge in [0, 0.05) is 12.6 Å². The lowest BCUT2D eigenvalue weighted by molar-refractivity contribution is 0.468. The molecule has 1 aromatic carbocycles. The molecule has 1 atom stereocenters. The van der Waals surface area contributed by atoms with Gasteiger partial charge in [-0.3, -0.25) is 0 Å². The van der Waals surface area contributed by atoms with Gasteiger partial charge in [-0.15, -0.1) is 0 Å². The Balaban J connectivity index is 1.81. The van der Waals surface area contributed by atoms with Crippen LogP contribution in [0.1, 0.15) is 30.4 Å². The van der Waals surface area contributed by atoms with E-state index in [0.717, 1.165) is 13.1 Å².